The van der Waals surface area contributed by atoms with Crippen LogP contribution in [0, 0.1) is 5.92 Å². The summed E-state index contributed by atoms with van der Waals surface area (Å²) in [5.41, 5.74) is 2.95. The van der Waals surface area contributed by atoms with Crippen LogP contribution in [0.15, 0.2) is 12.1 Å². The van der Waals surface area contributed by atoms with E-state index < -0.39 is 33.7 Å². The Hall–Kier alpha value is -2.24. The first kappa shape index (κ1) is 27.8. The molecule has 4 rings (SSSR count). The summed E-state index contributed by atoms with van der Waals surface area (Å²) in [6.45, 7) is 2.12. The van der Waals surface area contributed by atoms with Crippen molar-refractivity contribution in [1.29, 1.82) is 0 Å². The van der Waals surface area contributed by atoms with Crippen molar-refractivity contribution in [3.63, 3.8) is 0 Å². The average molecular weight is 538 g/mol. The van der Waals surface area contributed by atoms with Gasteiger partial charge in [0.05, 0.1) is 32.6 Å². The molecule has 2 fully saturated rings. The predicted octanol–water partition coefficient (Wildman–Crippen LogP) is 2.38. The van der Waals surface area contributed by atoms with E-state index in [-0.39, 0.29) is 25.6 Å². The first-order valence-corrected chi connectivity index (χ1v) is 15.0. The first-order chi connectivity index (χ1) is 17.5. The number of sulfonamides is 1. The summed E-state index contributed by atoms with van der Waals surface area (Å²) in [6, 6.07) is 3.52. The maximum Gasteiger partial charge on any atom is 0.408 e. The molecule has 206 valence electrons. The predicted molar refractivity (Wildman–Crippen MR) is 137 cm³/mol. The Balaban J connectivity index is 1.13. The summed E-state index contributed by atoms with van der Waals surface area (Å²) in [4.78, 5) is 29.4. The molecule has 11 heteroatoms. The highest BCUT2D eigenvalue weighted by atomic mass is 32.2. The lowest BCUT2D eigenvalue weighted by molar-refractivity contribution is -0.144. The quantitative estimate of drug-likeness (QED) is 0.427. The molecule has 1 N–H and O–H groups in total. The molecule has 1 saturated heterocycles. The highest BCUT2D eigenvalue weighted by Crippen LogP contribution is 2.34. The van der Waals surface area contributed by atoms with Gasteiger partial charge in [-0.05, 0) is 75.8 Å². The van der Waals surface area contributed by atoms with E-state index in [2.05, 4.69) is 17.4 Å². The van der Waals surface area contributed by atoms with E-state index in [4.69, 9.17) is 19.2 Å². The van der Waals surface area contributed by atoms with Gasteiger partial charge >= 0.3 is 12.1 Å². The Morgan fingerprint density at radius 3 is 2.65 bits per heavy atom. The standard InChI is InChI=1S/C26H39N3O7S/c1-26(16-29(17-26)37(3,32)33)36-25(31)28-23(24(30)34-2)12-13-35-21-14-18(15-21)8-10-20-11-9-19-6-4-5-7-22(19)27-20/h9,11,18,21,23H,4-8,10,12-17H2,1-3H3,(H,28,31). The highest BCUT2D eigenvalue weighted by molar-refractivity contribution is 7.88. The summed E-state index contributed by atoms with van der Waals surface area (Å²) in [5, 5.41) is 2.53. The number of amides is 1. The molecule has 1 atom stereocenters. The van der Waals surface area contributed by atoms with E-state index in [1.807, 2.05) is 0 Å². The van der Waals surface area contributed by atoms with Crippen molar-refractivity contribution in [3.05, 3.63) is 29.1 Å². The minimum Gasteiger partial charge on any atom is -0.467 e. The number of carbonyl (C=O) groups is 2. The van der Waals surface area contributed by atoms with Crippen LogP contribution in [0.3, 0.4) is 0 Å². The van der Waals surface area contributed by atoms with Crippen molar-refractivity contribution < 1.29 is 32.2 Å². The van der Waals surface area contributed by atoms with Crippen LogP contribution >= 0.6 is 0 Å². The molecule has 37 heavy (non-hydrogen) atoms. The number of hydrogen-bond donors (Lipinski definition) is 1. The fraction of sp³-hybridized carbons (Fsp3) is 0.731. The van der Waals surface area contributed by atoms with Gasteiger partial charge in [-0.25, -0.2) is 18.0 Å². The third-order valence-corrected chi connectivity index (χ3v) is 8.80. The molecular weight excluding hydrogens is 498 g/mol. The van der Waals surface area contributed by atoms with Gasteiger partial charge in [0, 0.05) is 24.4 Å². The largest absolute Gasteiger partial charge is 0.467 e. The lowest BCUT2D eigenvalue weighted by atomic mass is 9.79. The monoisotopic (exact) mass is 537 g/mol. The van der Waals surface area contributed by atoms with Gasteiger partial charge in [0.15, 0.2) is 0 Å². The number of ether oxygens (including phenoxy) is 3. The van der Waals surface area contributed by atoms with Crippen molar-refractivity contribution in [2.45, 2.75) is 82.5 Å². The van der Waals surface area contributed by atoms with Crippen LogP contribution in [0.2, 0.25) is 0 Å². The molecule has 1 aromatic rings. The fourth-order valence-electron chi connectivity index (χ4n) is 5.30. The SMILES string of the molecule is COC(=O)C(CCOC1CC(CCc2ccc3c(n2)CCCC3)C1)NC(=O)OC1(C)CN(S(C)(=O)=O)C1. The van der Waals surface area contributed by atoms with Crippen LogP contribution in [0.4, 0.5) is 4.79 Å². The number of aryl methyl sites for hydroxylation is 3. The Morgan fingerprint density at radius 1 is 1.22 bits per heavy atom. The molecule has 3 aliphatic rings. The highest BCUT2D eigenvalue weighted by Gasteiger charge is 2.46. The van der Waals surface area contributed by atoms with Crippen LogP contribution < -0.4 is 5.32 Å². The van der Waals surface area contributed by atoms with Crippen molar-refractivity contribution >= 4 is 22.1 Å². The molecular formula is C26H39N3O7S. The molecule has 2 aliphatic carbocycles. The average Bonchev–Trinajstić information content (AvgIpc) is 2.81. The van der Waals surface area contributed by atoms with E-state index in [1.165, 1.54) is 41.2 Å². The van der Waals surface area contributed by atoms with Gasteiger partial charge in [-0.1, -0.05) is 6.07 Å². The molecule has 10 nitrogen and oxygen atoms in total. The number of methoxy groups -OCH3 is 1. The number of nitrogens with one attached hydrogen (secondary N) is 1. The molecule has 0 aromatic carbocycles. The number of pyridine rings is 1. The van der Waals surface area contributed by atoms with Gasteiger partial charge in [-0.2, -0.15) is 4.31 Å². The summed E-state index contributed by atoms with van der Waals surface area (Å²) in [5.74, 6) is 0.0307. The summed E-state index contributed by atoms with van der Waals surface area (Å²) in [6.07, 6.45) is 9.55. The minimum atomic E-state index is -3.33. The van der Waals surface area contributed by atoms with Crippen LogP contribution in [-0.4, -0.2) is 80.6 Å². The summed E-state index contributed by atoms with van der Waals surface area (Å²) in [7, 11) is -2.07. The van der Waals surface area contributed by atoms with Crippen LogP contribution in [0.1, 0.15) is 62.4 Å². The van der Waals surface area contributed by atoms with Gasteiger partial charge in [-0.3, -0.25) is 4.98 Å². The van der Waals surface area contributed by atoms with Crippen LogP contribution in [-0.2, 0) is 48.3 Å². The number of carbonyl (C=O) groups excluding carboxylic acids is 2. The lowest BCUT2D eigenvalue weighted by Gasteiger charge is -2.45. The maximum atomic E-state index is 12.4. The molecule has 1 aromatic heterocycles. The van der Waals surface area contributed by atoms with E-state index in [0.717, 1.165) is 44.8 Å². The van der Waals surface area contributed by atoms with Gasteiger partial charge < -0.3 is 19.5 Å². The van der Waals surface area contributed by atoms with Crippen molar-refractivity contribution in [2.24, 2.45) is 5.92 Å². The molecule has 0 radical (unpaired) electrons. The number of aromatic nitrogens is 1. The number of rotatable bonds is 11. The second-order valence-corrected chi connectivity index (χ2v) is 12.8. The molecule has 1 aliphatic heterocycles. The van der Waals surface area contributed by atoms with Gasteiger partial charge in [-0.15, -0.1) is 0 Å². The van der Waals surface area contributed by atoms with Crippen molar-refractivity contribution in [1.82, 2.24) is 14.6 Å². The number of esters is 1. The Labute approximate surface area is 219 Å². The van der Waals surface area contributed by atoms with Gasteiger partial charge in [0.25, 0.3) is 0 Å². The Morgan fingerprint density at radius 2 is 1.95 bits per heavy atom. The molecule has 0 spiro atoms. The number of alkyl carbamates (subject to hydrolysis) is 1. The second kappa shape index (κ2) is 11.7. The Kier molecular flexibility index (Phi) is 8.75. The molecule has 1 unspecified atom stereocenters. The van der Waals surface area contributed by atoms with Gasteiger partial charge in [0.1, 0.15) is 11.6 Å². The number of fused-ring (bicyclic) bond motifs is 1. The smallest absolute Gasteiger partial charge is 0.408 e. The normalized spacial score (nSPS) is 23.6. The van der Waals surface area contributed by atoms with E-state index in [9.17, 15) is 18.0 Å². The van der Waals surface area contributed by atoms with E-state index in [1.54, 1.807) is 6.92 Å². The van der Waals surface area contributed by atoms with Crippen LogP contribution in [0.5, 0.6) is 0 Å². The fourth-order valence-corrected chi connectivity index (χ4v) is 6.32. The van der Waals surface area contributed by atoms with E-state index in [0.29, 0.717) is 12.5 Å². The van der Waals surface area contributed by atoms with Crippen LogP contribution in [0.25, 0.3) is 0 Å². The Bertz CT molecular complexity index is 1080. The third-order valence-electron chi connectivity index (χ3n) is 7.60. The number of hydrogen-bond acceptors (Lipinski definition) is 8. The summed E-state index contributed by atoms with van der Waals surface area (Å²) < 4.78 is 40.5. The minimum absolute atomic E-state index is 0.0800. The molecule has 0 bridgehead atoms. The van der Waals surface area contributed by atoms with Crippen molar-refractivity contribution in [2.75, 3.05) is 33.1 Å². The first-order valence-electron chi connectivity index (χ1n) is 13.2. The maximum absolute atomic E-state index is 12.4. The molecule has 1 saturated carbocycles. The number of nitrogens with zero attached hydrogens (tertiary/aromatic N) is 2. The van der Waals surface area contributed by atoms with E-state index >= 15 is 0 Å². The second-order valence-electron chi connectivity index (χ2n) is 10.9. The zero-order valence-electron chi connectivity index (χ0n) is 22.0. The molecule has 1 amide bonds. The molecule has 2 heterocycles. The topological polar surface area (TPSA) is 124 Å². The summed E-state index contributed by atoms with van der Waals surface area (Å²) >= 11 is 0. The lowest BCUT2D eigenvalue weighted by Crippen LogP contribution is -2.64. The van der Waals surface area contributed by atoms with Gasteiger partial charge in [0.2, 0.25) is 10.0 Å². The zero-order chi connectivity index (χ0) is 26.6. The van der Waals surface area contributed by atoms with Crippen molar-refractivity contribution in [3.8, 4) is 0 Å². The third kappa shape index (κ3) is 7.42. The zero-order valence-corrected chi connectivity index (χ0v) is 22.8.